The number of thioether (sulfide) groups is 1. The van der Waals surface area contributed by atoms with Gasteiger partial charge < -0.3 is 14.8 Å². The lowest BCUT2D eigenvalue weighted by molar-refractivity contribution is -0.108. The Hall–Kier alpha value is -1.94. The largest absolute Gasteiger partial charge is 0.495 e. The molecular weight excluding hydrogens is 282 g/mol. The van der Waals surface area contributed by atoms with Crippen molar-refractivity contribution in [2.75, 3.05) is 18.2 Å². The van der Waals surface area contributed by atoms with E-state index in [0.717, 1.165) is 29.0 Å². The Morgan fingerprint density at radius 2 is 1.90 bits per heavy atom. The van der Waals surface area contributed by atoms with Gasteiger partial charge in [0.05, 0.1) is 12.8 Å². The summed E-state index contributed by atoms with van der Waals surface area (Å²) >= 11 is 1.78. The highest BCUT2D eigenvalue weighted by Crippen LogP contribution is 2.28. The molecule has 0 aliphatic heterocycles. The molecular formula is C17H19NO2S. The van der Waals surface area contributed by atoms with Gasteiger partial charge in [-0.2, -0.15) is 0 Å². The topological polar surface area (TPSA) is 38.3 Å². The van der Waals surface area contributed by atoms with E-state index in [2.05, 4.69) is 12.2 Å². The minimum atomic E-state index is -0.387. The maximum atomic E-state index is 11.4. The number of carbonyl (C=O) groups is 1. The first-order valence-corrected chi connectivity index (χ1v) is 7.84. The van der Waals surface area contributed by atoms with Crippen LogP contribution in [0, 0.1) is 0 Å². The van der Waals surface area contributed by atoms with E-state index in [9.17, 15) is 4.79 Å². The van der Waals surface area contributed by atoms with Gasteiger partial charge >= 0.3 is 0 Å². The van der Waals surface area contributed by atoms with E-state index < -0.39 is 0 Å². The number of aldehydes is 1. The standard InChI is InChI=1S/C17H19NO2S/c1-3-21-14-10-8-13(9-11-14)16(12-19)18-15-6-4-5-7-17(15)20-2/h4-12,16,18H,3H2,1-2H3. The van der Waals surface area contributed by atoms with Crippen LogP contribution in [0.5, 0.6) is 5.75 Å². The molecule has 4 heteroatoms. The monoisotopic (exact) mass is 301 g/mol. The highest BCUT2D eigenvalue weighted by atomic mass is 32.2. The van der Waals surface area contributed by atoms with Crippen LogP contribution >= 0.6 is 11.8 Å². The first kappa shape index (κ1) is 15.4. The Labute approximate surface area is 129 Å². The number of hydrogen-bond acceptors (Lipinski definition) is 4. The quantitative estimate of drug-likeness (QED) is 0.615. The molecule has 1 atom stereocenters. The van der Waals surface area contributed by atoms with Crippen LogP contribution in [0.3, 0.4) is 0 Å². The normalized spacial score (nSPS) is 11.7. The molecule has 110 valence electrons. The molecule has 0 bridgehead atoms. The van der Waals surface area contributed by atoms with Crippen LogP contribution in [-0.4, -0.2) is 19.1 Å². The van der Waals surface area contributed by atoms with E-state index in [-0.39, 0.29) is 6.04 Å². The van der Waals surface area contributed by atoms with Crippen LogP contribution in [-0.2, 0) is 4.79 Å². The lowest BCUT2D eigenvalue weighted by Gasteiger charge is -2.17. The van der Waals surface area contributed by atoms with Crippen molar-refractivity contribution in [1.82, 2.24) is 0 Å². The maximum Gasteiger partial charge on any atom is 0.146 e. The van der Waals surface area contributed by atoms with Gasteiger partial charge in [-0.05, 0) is 35.6 Å². The molecule has 1 unspecified atom stereocenters. The SMILES string of the molecule is CCSc1ccc(C(C=O)Nc2ccccc2OC)cc1. The molecule has 0 radical (unpaired) electrons. The van der Waals surface area contributed by atoms with Crippen molar-refractivity contribution in [1.29, 1.82) is 0 Å². The van der Waals surface area contributed by atoms with E-state index in [1.165, 1.54) is 4.90 Å². The Bertz CT molecular complexity index is 584. The summed E-state index contributed by atoms with van der Waals surface area (Å²) in [5.41, 5.74) is 1.75. The van der Waals surface area contributed by atoms with Gasteiger partial charge in [-0.25, -0.2) is 0 Å². The summed E-state index contributed by atoms with van der Waals surface area (Å²) < 4.78 is 5.30. The van der Waals surface area contributed by atoms with Gasteiger partial charge in [0.25, 0.3) is 0 Å². The third-order valence-electron chi connectivity index (χ3n) is 3.10. The van der Waals surface area contributed by atoms with Crippen LogP contribution in [0.1, 0.15) is 18.5 Å². The molecule has 1 N–H and O–H groups in total. The third kappa shape index (κ3) is 4.02. The van der Waals surface area contributed by atoms with Crippen molar-refractivity contribution in [3.8, 4) is 5.75 Å². The zero-order valence-corrected chi connectivity index (χ0v) is 13.0. The summed E-state index contributed by atoms with van der Waals surface area (Å²) in [6.45, 7) is 2.12. The van der Waals surface area contributed by atoms with Crippen LogP contribution in [0.2, 0.25) is 0 Å². The molecule has 0 spiro atoms. The number of rotatable bonds is 7. The summed E-state index contributed by atoms with van der Waals surface area (Å²) in [6, 6.07) is 15.3. The fourth-order valence-electron chi connectivity index (χ4n) is 2.07. The Balaban J connectivity index is 2.17. The van der Waals surface area contributed by atoms with Gasteiger partial charge in [-0.3, -0.25) is 0 Å². The average Bonchev–Trinajstić information content (AvgIpc) is 2.54. The minimum Gasteiger partial charge on any atom is -0.495 e. The van der Waals surface area contributed by atoms with Crippen LogP contribution in [0.15, 0.2) is 53.4 Å². The van der Waals surface area contributed by atoms with Crippen LogP contribution in [0.25, 0.3) is 0 Å². The second kappa shape index (κ2) is 7.74. The molecule has 2 aromatic carbocycles. The lowest BCUT2D eigenvalue weighted by Crippen LogP contribution is -2.12. The van der Waals surface area contributed by atoms with Crippen molar-refractivity contribution < 1.29 is 9.53 Å². The smallest absolute Gasteiger partial charge is 0.146 e. The molecule has 2 aromatic rings. The summed E-state index contributed by atoms with van der Waals surface area (Å²) in [5.74, 6) is 1.76. The van der Waals surface area contributed by atoms with E-state index in [1.807, 2.05) is 48.5 Å². The molecule has 0 aliphatic rings. The highest BCUT2D eigenvalue weighted by molar-refractivity contribution is 7.99. The van der Waals surface area contributed by atoms with Gasteiger partial charge in [0, 0.05) is 4.90 Å². The van der Waals surface area contributed by atoms with Gasteiger partial charge in [-0.1, -0.05) is 31.2 Å². The molecule has 0 aliphatic carbocycles. The van der Waals surface area contributed by atoms with Crippen molar-refractivity contribution in [2.24, 2.45) is 0 Å². The molecule has 0 saturated carbocycles. The molecule has 3 nitrogen and oxygen atoms in total. The summed E-state index contributed by atoms with van der Waals surface area (Å²) in [4.78, 5) is 12.6. The number of para-hydroxylation sites is 2. The molecule has 2 rings (SSSR count). The molecule has 0 aromatic heterocycles. The zero-order chi connectivity index (χ0) is 15.1. The van der Waals surface area contributed by atoms with Gasteiger partial charge in [0.1, 0.15) is 18.1 Å². The lowest BCUT2D eigenvalue weighted by atomic mass is 10.1. The Kier molecular flexibility index (Phi) is 5.69. The third-order valence-corrected chi connectivity index (χ3v) is 4.00. The van der Waals surface area contributed by atoms with Crippen molar-refractivity contribution >= 4 is 23.7 Å². The predicted molar refractivity (Wildman–Crippen MR) is 88.3 cm³/mol. The minimum absolute atomic E-state index is 0.387. The van der Waals surface area contributed by atoms with Crippen LogP contribution < -0.4 is 10.1 Å². The summed E-state index contributed by atoms with van der Waals surface area (Å²) in [7, 11) is 1.62. The fourth-order valence-corrected chi connectivity index (χ4v) is 2.73. The van der Waals surface area contributed by atoms with E-state index in [4.69, 9.17) is 4.74 Å². The number of benzene rings is 2. The first-order chi connectivity index (χ1) is 10.3. The average molecular weight is 301 g/mol. The summed E-state index contributed by atoms with van der Waals surface area (Å²) in [5, 5.41) is 3.22. The Morgan fingerprint density at radius 1 is 1.19 bits per heavy atom. The second-order valence-electron chi connectivity index (χ2n) is 4.46. The number of nitrogens with one attached hydrogen (secondary N) is 1. The van der Waals surface area contributed by atoms with Gasteiger partial charge in [-0.15, -0.1) is 11.8 Å². The van der Waals surface area contributed by atoms with Gasteiger partial charge in [0.2, 0.25) is 0 Å². The number of methoxy groups -OCH3 is 1. The van der Waals surface area contributed by atoms with E-state index >= 15 is 0 Å². The van der Waals surface area contributed by atoms with Crippen molar-refractivity contribution in [3.63, 3.8) is 0 Å². The number of ether oxygens (including phenoxy) is 1. The fraction of sp³-hybridized carbons (Fsp3) is 0.235. The Morgan fingerprint density at radius 3 is 2.52 bits per heavy atom. The molecule has 21 heavy (non-hydrogen) atoms. The summed E-state index contributed by atoms with van der Waals surface area (Å²) in [6.07, 6.45) is 0.911. The van der Waals surface area contributed by atoms with E-state index in [0.29, 0.717) is 0 Å². The van der Waals surface area contributed by atoms with Crippen LogP contribution in [0.4, 0.5) is 5.69 Å². The van der Waals surface area contributed by atoms with E-state index in [1.54, 1.807) is 18.9 Å². The van der Waals surface area contributed by atoms with Gasteiger partial charge in [0.15, 0.2) is 0 Å². The number of anilines is 1. The van der Waals surface area contributed by atoms with Crippen molar-refractivity contribution in [2.45, 2.75) is 17.9 Å². The second-order valence-corrected chi connectivity index (χ2v) is 5.80. The number of hydrogen-bond donors (Lipinski definition) is 1. The van der Waals surface area contributed by atoms with Crippen molar-refractivity contribution in [3.05, 3.63) is 54.1 Å². The first-order valence-electron chi connectivity index (χ1n) is 6.86. The molecule has 0 fully saturated rings. The predicted octanol–water partition coefficient (Wildman–Crippen LogP) is 4.16. The molecule has 0 amide bonds. The molecule has 0 heterocycles. The maximum absolute atomic E-state index is 11.4. The molecule has 0 saturated heterocycles. The zero-order valence-electron chi connectivity index (χ0n) is 12.2. The highest BCUT2D eigenvalue weighted by Gasteiger charge is 2.12. The number of carbonyl (C=O) groups excluding carboxylic acids is 1.